The summed E-state index contributed by atoms with van der Waals surface area (Å²) in [6, 6.07) is -1.32. The minimum Gasteiger partial charge on any atom is -0.388 e. The van der Waals surface area contributed by atoms with Crippen molar-refractivity contribution in [3.05, 3.63) is 16.7 Å². The van der Waals surface area contributed by atoms with Gasteiger partial charge in [-0.1, -0.05) is 11.8 Å². The van der Waals surface area contributed by atoms with E-state index in [0.717, 1.165) is 6.82 Å². The molecule has 2 aromatic rings. The first kappa shape index (κ1) is 34.4. The van der Waals surface area contributed by atoms with Gasteiger partial charge in [-0.05, 0) is 0 Å². The SMILES string of the molecule is [B][C@@H]1O[C@H](COP(=O)(O)OP(=O)([B]C)OP(=O)(O)OC[C@H]2O[C@@H]([n+]3cn(C)c4c(=O)[nH]c(N)nc43)[C@@H](O)C2O)[C@H](O)C1O. The zero-order valence-electron chi connectivity index (χ0n) is 22.3. The predicted molar refractivity (Wildman–Crippen MR) is 141 cm³/mol. The van der Waals surface area contributed by atoms with E-state index in [0.29, 0.717) is 7.00 Å². The summed E-state index contributed by atoms with van der Waals surface area (Å²) in [4.78, 5) is 38.7. The Hall–Kier alpha value is -1.51. The molecule has 3 radical (unpaired) electrons. The van der Waals surface area contributed by atoms with E-state index in [1.807, 2.05) is 0 Å². The molecule has 0 saturated carbocycles. The van der Waals surface area contributed by atoms with Crippen molar-refractivity contribution in [3.63, 3.8) is 0 Å². The van der Waals surface area contributed by atoms with Gasteiger partial charge in [-0.2, -0.15) is 0 Å². The van der Waals surface area contributed by atoms with Crippen molar-refractivity contribution in [1.29, 1.82) is 0 Å². The molecule has 2 aliphatic rings. The number of hydrogen-bond donors (Lipinski definition) is 8. The number of nitrogens with one attached hydrogen (secondary N) is 1. The molecule has 0 aliphatic carbocycles. The van der Waals surface area contributed by atoms with E-state index >= 15 is 0 Å². The molecule has 237 valence electrons. The van der Waals surface area contributed by atoms with E-state index in [1.165, 1.54) is 22.5 Å². The van der Waals surface area contributed by atoms with Crippen LogP contribution in [0.5, 0.6) is 0 Å². The molecule has 43 heavy (non-hydrogen) atoms. The largest absolute Gasteiger partial charge is 0.478 e. The number of phosphoric acid groups is 2. The van der Waals surface area contributed by atoms with Crippen molar-refractivity contribution in [2.75, 3.05) is 18.9 Å². The molecule has 2 saturated heterocycles. The van der Waals surface area contributed by atoms with Crippen molar-refractivity contribution < 1.29 is 75.6 Å². The number of aromatic nitrogens is 4. The maximum Gasteiger partial charge on any atom is 0.478 e. The number of phosphoric ester groups is 2. The lowest BCUT2D eigenvalue weighted by Crippen LogP contribution is -2.46. The average Bonchev–Trinajstić information content (AvgIpc) is 3.47. The Labute approximate surface area is 243 Å². The molecule has 2 aromatic heterocycles. The molecule has 0 amide bonds. The van der Waals surface area contributed by atoms with Crippen molar-refractivity contribution in [2.45, 2.75) is 55.7 Å². The quantitative estimate of drug-likeness (QED) is 0.0615. The van der Waals surface area contributed by atoms with Crippen LogP contribution in [0.3, 0.4) is 0 Å². The fraction of sp³-hybridized carbons (Fsp3) is 0.706. The van der Waals surface area contributed by atoms with E-state index < -0.39 is 90.7 Å². The normalized spacial score (nSPS) is 33.7. The summed E-state index contributed by atoms with van der Waals surface area (Å²) in [6.07, 6.45) is -9.43. The molecule has 11 atom stereocenters. The zero-order valence-corrected chi connectivity index (χ0v) is 25.0. The molecule has 2 aliphatic heterocycles. The van der Waals surface area contributed by atoms with Crippen LogP contribution in [0.1, 0.15) is 6.23 Å². The Balaban J connectivity index is 1.39. The highest BCUT2D eigenvalue weighted by molar-refractivity contribution is 7.89. The first-order valence-electron chi connectivity index (χ1n) is 12.2. The number of nitrogen functional groups attached to an aromatic ring is 1. The standard InChI is InChI=1S/C17H27B2N5O16P3/c1-19-41(30,39-42(31,32)35-3-6-9(25)11(27)13(18)37-6)40-43(33,34)36-4-7-10(26)12(28)16(38-7)24-5-23(2)8-14(24)21-17(20)22-15(8)29/h5-7,9-13,16,25-28H,3-4H2,1-2H3,(H4-,20,21,22,29,31,32,33,34)/p+1/t6-,7-,9+,10?,11?,12+,13-,16-,41?/m1/s1. The number of imidazole rings is 1. The lowest BCUT2D eigenvalue weighted by atomic mass is 9.93. The smallest absolute Gasteiger partial charge is 0.388 e. The molecule has 0 bridgehead atoms. The van der Waals surface area contributed by atoms with Crippen LogP contribution in [0.15, 0.2) is 11.1 Å². The second-order valence-corrected chi connectivity index (χ2v) is 14.7. The van der Waals surface area contributed by atoms with Gasteiger partial charge in [0.1, 0.15) is 38.4 Å². The van der Waals surface area contributed by atoms with Crippen molar-refractivity contribution >= 4 is 55.1 Å². The highest BCUT2D eigenvalue weighted by Crippen LogP contribution is 2.69. The molecule has 26 heteroatoms. The van der Waals surface area contributed by atoms with E-state index in [-0.39, 0.29) is 17.1 Å². The molecular formula is C17H28B2N5O16P3+. The number of nitrogens with zero attached hydrogens (tertiary/aromatic N) is 3. The van der Waals surface area contributed by atoms with Crippen LogP contribution in [0.4, 0.5) is 5.95 Å². The van der Waals surface area contributed by atoms with E-state index in [1.54, 1.807) is 0 Å². The third-order valence-corrected chi connectivity index (χ3v) is 11.4. The molecule has 0 aromatic carbocycles. The number of hydrogen-bond acceptors (Lipinski definition) is 16. The fourth-order valence-electron chi connectivity index (χ4n) is 4.25. The fourth-order valence-corrected chi connectivity index (χ4v) is 8.74. The molecule has 5 unspecified atom stereocenters. The van der Waals surface area contributed by atoms with Crippen molar-refractivity contribution in [1.82, 2.24) is 14.5 Å². The minimum absolute atomic E-state index is 0.0158. The number of aryl methyl sites for hydroxylation is 1. The Morgan fingerprint density at radius 2 is 1.58 bits per heavy atom. The average molecular weight is 673 g/mol. The van der Waals surface area contributed by atoms with Gasteiger partial charge in [0.2, 0.25) is 11.7 Å². The number of fused-ring (bicyclic) bond motifs is 1. The highest BCUT2D eigenvalue weighted by atomic mass is 31.3. The monoisotopic (exact) mass is 673 g/mol. The number of aliphatic hydroxyl groups excluding tert-OH is 4. The summed E-state index contributed by atoms with van der Waals surface area (Å²) in [5, 5.41) is 40.5. The maximum atomic E-state index is 12.9. The van der Waals surface area contributed by atoms with Gasteiger partial charge in [0, 0.05) is 6.00 Å². The van der Waals surface area contributed by atoms with Gasteiger partial charge in [-0.25, -0.2) is 22.3 Å². The number of ether oxygens (including phenoxy) is 2. The summed E-state index contributed by atoms with van der Waals surface area (Å²) in [5.41, 5.74) is 5.05. The minimum atomic E-state index is -5.40. The number of rotatable bonds is 12. The summed E-state index contributed by atoms with van der Waals surface area (Å²) in [6.45, 7) is -0.273. The first-order valence-corrected chi connectivity index (χ1v) is 16.8. The number of aromatic amines is 1. The van der Waals surface area contributed by atoms with Gasteiger partial charge in [0.05, 0.1) is 26.4 Å². The van der Waals surface area contributed by atoms with E-state index in [2.05, 4.69) is 23.1 Å². The van der Waals surface area contributed by atoms with Crippen LogP contribution >= 0.6 is 23.1 Å². The number of anilines is 1. The summed E-state index contributed by atoms with van der Waals surface area (Å²) in [5.74, 6) is -0.242. The lowest BCUT2D eigenvalue weighted by Gasteiger charge is -2.23. The third-order valence-electron chi connectivity index (χ3n) is 6.35. The maximum absolute atomic E-state index is 12.9. The Morgan fingerprint density at radius 3 is 2.09 bits per heavy atom. The van der Waals surface area contributed by atoms with Crippen LogP contribution in [0.25, 0.3) is 11.2 Å². The number of aliphatic hydroxyl groups is 4. The zero-order chi connectivity index (χ0) is 32.1. The molecule has 4 rings (SSSR count). The molecule has 0 spiro atoms. The predicted octanol–water partition coefficient (Wildman–Crippen LogP) is -3.51. The molecule has 4 heterocycles. The number of H-pyrrole nitrogens is 1. The Bertz CT molecular complexity index is 1540. The second-order valence-electron chi connectivity index (χ2n) is 9.41. The topological polar surface area (TPSA) is 309 Å². The molecule has 2 fully saturated rings. The van der Waals surface area contributed by atoms with Gasteiger partial charge < -0.3 is 45.4 Å². The van der Waals surface area contributed by atoms with Gasteiger partial charge in [-0.15, -0.1) is 0 Å². The summed E-state index contributed by atoms with van der Waals surface area (Å²) < 4.78 is 69.2. The Kier molecular flexibility index (Phi) is 10.2. The van der Waals surface area contributed by atoms with Gasteiger partial charge in [0.25, 0.3) is 26.0 Å². The molecule has 21 nitrogen and oxygen atoms in total. The van der Waals surface area contributed by atoms with Crippen LogP contribution < -0.4 is 15.9 Å². The van der Waals surface area contributed by atoms with E-state index in [4.69, 9.17) is 27.6 Å². The van der Waals surface area contributed by atoms with Crippen LogP contribution in [-0.2, 0) is 47.9 Å². The molecular weight excluding hydrogens is 645 g/mol. The van der Waals surface area contributed by atoms with Crippen LogP contribution in [-0.4, -0.2) is 115 Å². The Morgan fingerprint density at radius 1 is 1.05 bits per heavy atom. The van der Waals surface area contributed by atoms with E-state index in [9.17, 15) is 48.7 Å². The molecule has 9 N–H and O–H groups in total. The van der Waals surface area contributed by atoms with Crippen molar-refractivity contribution in [3.8, 4) is 0 Å². The van der Waals surface area contributed by atoms with Gasteiger partial charge in [0.15, 0.2) is 6.33 Å². The lowest BCUT2D eigenvalue weighted by molar-refractivity contribution is -0.745. The van der Waals surface area contributed by atoms with Gasteiger partial charge in [-0.3, -0.25) is 28.0 Å². The second kappa shape index (κ2) is 12.7. The van der Waals surface area contributed by atoms with Crippen LogP contribution in [0.2, 0.25) is 6.82 Å². The van der Waals surface area contributed by atoms with Crippen LogP contribution in [0, 0.1) is 0 Å². The highest BCUT2D eigenvalue weighted by Gasteiger charge is 2.49. The van der Waals surface area contributed by atoms with Gasteiger partial charge >= 0.3 is 21.3 Å². The van der Waals surface area contributed by atoms with Crippen molar-refractivity contribution in [2.24, 2.45) is 7.05 Å². The summed E-state index contributed by atoms with van der Waals surface area (Å²) in [7, 11) is -8.85. The third kappa shape index (κ3) is 7.49. The first-order chi connectivity index (χ1) is 19.9. The summed E-state index contributed by atoms with van der Waals surface area (Å²) >= 11 is 0. The number of nitrogens with two attached hydrogens (primary N) is 1.